The maximum atomic E-state index is 11.2. The van der Waals surface area contributed by atoms with Gasteiger partial charge in [-0.25, -0.2) is 4.79 Å². The minimum Gasteiger partial charge on any atom is -0.425 e. The van der Waals surface area contributed by atoms with Gasteiger partial charge in [0, 0.05) is 0 Å². The Morgan fingerprint density at radius 1 is 1.29 bits per heavy atom. The number of carbonyl (C=O) groups excluding carboxylic acids is 1. The van der Waals surface area contributed by atoms with Crippen LogP contribution in [0.5, 0.6) is 5.75 Å². The van der Waals surface area contributed by atoms with Crippen molar-refractivity contribution in [2.45, 2.75) is 37.4 Å². The van der Waals surface area contributed by atoms with E-state index in [1.54, 1.807) is 12.1 Å². The molecule has 0 N–H and O–H groups in total. The Kier molecular flexibility index (Phi) is 4.84. The molecule has 0 amide bonds. The summed E-state index contributed by atoms with van der Waals surface area (Å²) in [7, 11) is 0. The number of hydrogen-bond acceptors (Lipinski definition) is 2. The second kappa shape index (κ2) is 5.74. The van der Waals surface area contributed by atoms with Gasteiger partial charge in [0.2, 0.25) is 4.84 Å². The van der Waals surface area contributed by atoms with Gasteiger partial charge in [-0.3, -0.25) is 0 Å². The van der Waals surface area contributed by atoms with E-state index >= 15 is 0 Å². The van der Waals surface area contributed by atoms with E-state index in [9.17, 15) is 4.79 Å². The van der Waals surface area contributed by atoms with Gasteiger partial charge in [-0.2, -0.15) is 0 Å². The van der Waals surface area contributed by atoms with E-state index in [1.807, 2.05) is 12.1 Å². The predicted octanol–water partition coefficient (Wildman–Crippen LogP) is 4.08. The molecular weight excluding hydrogens is 259 g/mol. The van der Waals surface area contributed by atoms with Gasteiger partial charge < -0.3 is 4.74 Å². The van der Waals surface area contributed by atoms with Crippen LogP contribution in [0.25, 0.3) is 0 Å². The Hall–Kier alpha value is -0.730. The van der Waals surface area contributed by atoms with Gasteiger partial charge in [-0.05, 0) is 29.5 Å². The number of halogens is 2. The van der Waals surface area contributed by atoms with Gasteiger partial charge in [0.25, 0.3) is 0 Å². The Morgan fingerprint density at radius 2 is 1.82 bits per heavy atom. The fourth-order valence-electron chi connectivity index (χ4n) is 1.34. The molecule has 0 aromatic heterocycles. The fourth-order valence-corrected chi connectivity index (χ4v) is 1.43. The largest absolute Gasteiger partial charge is 0.425 e. The lowest BCUT2D eigenvalue weighted by Gasteiger charge is -2.23. The van der Waals surface area contributed by atoms with E-state index in [4.69, 9.17) is 27.9 Å². The average Bonchev–Trinajstić information content (AvgIpc) is 2.29. The van der Waals surface area contributed by atoms with Crippen LogP contribution in [0.1, 0.15) is 32.8 Å². The second-order valence-electron chi connectivity index (χ2n) is 4.48. The molecule has 0 spiro atoms. The van der Waals surface area contributed by atoms with E-state index in [2.05, 4.69) is 20.8 Å². The predicted molar refractivity (Wildman–Crippen MR) is 70.9 cm³/mol. The first-order chi connectivity index (χ1) is 7.86. The van der Waals surface area contributed by atoms with Crippen LogP contribution in [-0.4, -0.2) is 10.8 Å². The zero-order valence-corrected chi connectivity index (χ0v) is 11.7. The van der Waals surface area contributed by atoms with E-state index < -0.39 is 10.8 Å². The first kappa shape index (κ1) is 14.3. The Balaban J connectivity index is 2.79. The molecule has 0 radical (unpaired) electrons. The quantitative estimate of drug-likeness (QED) is 0.470. The van der Waals surface area contributed by atoms with Crippen molar-refractivity contribution in [2.75, 3.05) is 0 Å². The van der Waals surface area contributed by atoms with E-state index in [-0.39, 0.29) is 5.41 Å². The molecule has 0 heterocycles. The molecule has 1 aromatic rings. The summed E-state index contributed by atoms with van der Waals surface area (Å²) < 4.78 is 4.97. The van der Waals surface area contributed by atoms with Crippen LogP contribution in [0.2, 0.25) is 0 Å². The summed E-state index contributed by atoms with van der Waals surface area (Å²) in [6.45, 7) is 6.47. The van der Waals surface area contributed by atoms with Crippen LogP contribution in [0.15, 0.2) is 24.3 Å². The fraction of sp³-hybridized carbons (Fsp3) is 0.462. The average molecular weight is 275 g/mol. The summed E-state index contributed by atoms with van der Waals surface area (Å²) in [5, 5.41) is 0. The minimum absolute atomic E-state index is 0.115. The number of alkyl halides is 2. The first-order valence-electron chi connectivity index (χ1n) is 5.47. The Morgan fingerprint density at radius 3 is 2.24 bits per heavy atom. The number of rotatable bonds is 4. The highest BCUT2D eigenvalue weighted by atomic mass is 35.5. The molecule has 2 nitrogen and oxygen atoms in total. The van der Waals surface area contributed by atoms with E-state index in [0.717, 1.165) is 6.42 Å². The summed E-state index contributed by atoms with van der Waals surface area (Å²) in [6, 6.07) is 7.40. The van der Waals surface area contributed by atoms with Crippen molar-refractivity contribution in [1.29, 1.82) is 0 Å². The van der Waals surface area contributed by atoms with Crippen molar-refractivity contribution in [2.24, 2.45) is 0 Å². The van der Waals surface area contributed by atoms with Crippen LogP contribution in [0, 0.1) is 0 Å². The Bertz CT molecular complexity index is 383. The molecule has 0 saturated carbocycles. The topological polar surface area (TPSA) is 26.3 Å². The SMILES string of the molecule is CCC(C)(C)c1ccc(OC(=O)C(Cl)Cl)cc1. The molecule has 17 heavy (non-hydrogen) atoms. The molecule has 0 atom stereocenters. The zero-order chi connectivity index (χ0) is 13.1. The molecule has 0 saturated heterocycles. The number of ether oxygens (including phenoxy) is 1. The number of benzene rings is 1. The van der Waals surface area contributed by atoms with Crippen molar-refractivity contribution >= 4 is 29.2 Å². The molecule has 0 aliphatic heterocycles. The Labute approximate surface area is 112 Å². The maximum absolute atomic E-state index is 11.2. The van der Waals surface area contributed by atoms with Crippen molar-refractivity contribution in [3.63, 3.8) is 0 Å². The van der Waals surface area contributed by atoms with Gasteiger partial charge >= 0.3 is 5.97 Å². The molecule has 1 aromatic carbocycles. The van der Waals surface area contributed by atoms with Crippen molar-refractivity contribution in [3.05, 3.63) is 29.8 Å². The van der Waals surface area contributed by atoms with Gasteiger partial charge in [0.05, 0.1) is 0 Å². The third-order valence-corrected chi connectivity index (χ3v) is 3.27. The normalized spacial score (nSPS) is 11.6. The molecule has 0 aliphatic carbocycles. The van der Waals surface area contributed by atoms with Crippen LogP contribution in [0.4, 0.5) is 0 Å². The first-order valence-corrected chi connectivity index (χ1v) is 6.34. The highest BCUT2D eigenvalue weighted by Crippen LogP contribution is 2.28. The highest BCUT2D eigenvalue weighted by molar-refractivity contribution is 6.53. The van der Waals surface area contributed by atoms with Crippen molar-refractivity contribution < 1.29 is 9.53 Å². The van der Waals surface area contributed by atoms with Gasteiger partial charge in [0.1, 0.15) is 5.75 Å². The molecule has 4 heteroatoms. The highest BCUT2D eigenvalue weighted by Gasteiger charge is 2.18. The van der Waals surface area contributed by atoms with Gasteiger partial charge in [-0.1, -0.05) is 56.1 Å². The third kappa shape index (κ3) is 3.90. The van der Waals surface area contributed by atoms with E-state index in [0.29, 0.717) is 5.75 Å². The van der Waals surface area contributed by atoms with Gasteiger partial charge in [-0.15, -0.1) is 0 Å². The monoisotopic (exact) mass is 274 g/mol. The van der Waals surface area contributed by atoms with Crippen LogP contribution in [-0.2, 0) is 10.2 Å². The van der Waals surface area contributed by atoms with Crippen LogP contribution >= 0.6 is 23.2 Å². The lowest BCUT2D eigenvalue weighted by molar-refractivity contribution is -0.132. The summed E-state index contributed by atoms with van der Waals surface area (Å²) in [5.74, 6) is -0.201. The van der Waals surface area contributed by atoms with E-state index in [1.165, 1.54) is 5.56 Å². The molecule has 0 aliphatic rings. The summed E-state index contributed by atoms with van der Waals surface area (Å²) in [4.78, 5) is 10.0. The lowest BCUT2D eigenvalue weighted by atomic mass is 9.82. The second-order valence-corrected chi connectivity index (χ2v) is 5.58. The maximum Gasteiger partial charge on any atom is 0.344 e. The molecule has 1 rings (SSSR count). The summed E-state index contributed by atoms with van der Waals surface area (Å²) in [5.41, 5.74) is 1.32. The minimum atomic E-state index is -1.15. The lowest BCUT2D eigenvalue weighted by Crippen LogP contribution is -2.17. The molecule has 0 fully saturated rings. The zero-order valence-electron chi connectivity index (χ0n) is 10.2. The molecule has 94 valence electrons. The molecule has 0 unspecified atom stereocenters. The summed E-state index contributed by atoms with van der Waals surface area (Å²) in [6.07, 6.45) is 1.04. The van der Waals surface area contributed by atoms with Crippen LogP contribution in [0.3, 0.4) is 0 Å². The third-order valence-electron chi connectivity index (χ3n) is 2.92. The standard InChI is InChI=1S/C13H16Cl2O2/c1-4-13(2,3)9-5-7-10(8-6-9)17-12(16)11(14)15/h5-8,11H,4H2,1-3H3. The van der Waals surface area contributed by atoms with Crippen molar-refractivity contribution in [3.8, 4) is 5.75 Å². The summed E-state index contributed by atoms with van der Waals surface area (Å²) >= 11 is 10.8. The number of esters is 1. The van der Waals surface area contributed by atoms with Gasteiger partial charge in [0.15, 0.2) is 0 Å². The smallest absolute Gasteiger partial charge is 0.344 e. The molecule has 0 bridgehead atoms. The van der Waals surface area contributed by atoms with Crippen molar-refractivity contribution in [1.82, 2.24) is 0 Å². The molecular formula is C13H16Cl2O2. The number of hydrogen-bond donors (Lipinski definition) is 0. The van der Waals surface area contributed by atoms with Crippen LogP contribution < -0.4 is 4.74 Å². The number of carbonyl (C=O) groups is 1.